The lowest BCUT2D eigenvalue weighted by Crippen LogP contribution is -2.31. The monoisotopic (exact) mass is 265 g/mol. The number of aryl methyl sites for hydroxylation is 2. The van der Waals surface area contributed by atoms with Crippen molar-refractivity contribution in [1.82, 2.24) is 5.32 Å². The first-order valence-corrected chi connectivity index (χ1v) is 7.51. The van der Waals surface area contributed by atoms with Crippen molar-refractivity contribution in [3.05, 3.63) is 35.1 Å². The van der Waals surface area contributed by atoms with E-state index in [1.54, 1.807) is 12.1 Å². The molecule has 1 unspecified atom stereocenters. The normalized spacial score (nSPS) is 12.9. The molecule has 108 valence electrons. The van der Waals surface area contributed by atoms with Crippen LogP contribution >= 0.6 is 0 Å². The van der Waals surface area contributed by atoms with Gasteiger partial charge in [0.05, 0.1) is 0 Å². The first kappa shape index (κ1) is 16.2. The van der Waals surface area contributed by atoms with E-state index >= 15 is 0 Å². The summed E-state index contributed by atoms with van der Waals surface area (Å²) >= 11 is 0. The van der Waals surface area contributed by atoms with Crippen molar-refractivity contribution in [2.24, 2.45) is 5.92 Å². The fourth-order valence-corrected chi connectivity index (χ4v) is 2.49. The Bertz CT molecular complexity index is 374. The minimum Gasteiger partial charge on any atom is -0.314 e. The van der Waals surface area contributed by atoms with Crippen LogP contribution in [-0.4, -0.2) is 12.6 Å². The van der Waals surface area contributed by atoms with Gasteiger partial charge in [-0.3, -0.25) is 0 Å². The third kappa shape index (κ3) is 6.20. The summed E-state index contributed by atoms with van der Waals surface area (Å²) in [6, 6.07) is 5.70. The molecule has 1 nitrogen and oxygen atoms in total. The molecule has 0 aromatic heterocycles. The van der Waals surface area contributed by atoms with Gasteiger partial charge in [0.2, 0.25) is 0 Å². The molecule has 0 saturated carbocycles. The molecule has 0 spiro atoms. The van der Waals surface area contributed by atoms with Crippen molar-refractivity contribution in [2.45, 2.75) is 59.4 Å². The average molecular weight is 265 g/mol. The van der Waals surface area contributed by atoms with Crippen molar-refractivity contribution in [1.29, 1.82) is 0 Å². The second kappa shape index (κ2) is 8.31. The van der Waals surface area contributed by atoms with Crippen molar-refractivity contribution < 1.29 is 4.39 Å². The molecule has 0 aliphatic carbocycles. The highest BCUT2D eigenvalue weighted by molar-refractivity contribution is 5.26. The van der Waals surface area contributed by atoms with E-state index in [1.165, 1.54) is 18.4 Å². The maximum atomic E-state index is 13.1. The first-order valence-electron chi connectivity index (χ1n) is 7.51. The highest BCUT2D eigenvalue weighted by Gasteiger charge is 2.11. The zero-order chi connectivity index (χ0) is 14.3. The van der Waals surface area contributed by atoms with Crippen LogP contribution in [0.5, 0.6) is 0 Å². The standard InChI is InChI=1S/C17H28FN/c1-5-10-19-17(11-13(2)3)9-7-15-6-8-16(18)12-14(15)4/h6,8,12-13,17,19H,5,7,9-11H2,1-4H3. The summed E-state index contributed by atoms with van der Waals surface area (Å²) in [4.78, 5) is 0. The molecule has 1 atom stereocenters. The third-order valence-electron chi connectivity index (χ3n) is 3.51. The van der Waals surface area contributed by atoms with Crippen LogP contribution in [0.15, 0.2) is 18.2 Å². The van der Waals surface area contributed by atoms with Crippen LogP contribution in [0.4, 0.5) is 4.39 Å². The van der Waals surface area contributed by atoms with Gasteiger partial charge < -0.3 is 5.32 Å². The Labute approximate surface area is 117 Å². The van der Waals surface area contributed by atoms with Gasteiger partial charge in [-0.1, -0.05) is 26.8 Å². The highest BCUT2D eigenvalue weighted by atomic mass is 19.1. The van der Waals surface area contributed by atoms with Gasteiger partial charge in [-0.2, -0.15) is 0 Å². The molecule has 1 aromatic carbocycles. The second-order valence-electron chi connectivity index (χ2n) is 5.89. The van der Waals surface area contributed by atoms with Gasteiger partial charge in [-0.15, -0.1) is 0 Å². The molecule has 1 aromatic rings. The molecule has 0 bridgehead atoms. The van der Waals surface area contributed by atoms with Gasteiger partial charge in [0.15, 0.2) is 0 Å². The van der Waals surface area contributed by atoms with Crippen LogP contribution in [0.25, 0.3) is 0 Å². The smallest absolute Gasteiger partial charge is 0.123 e. The van der Waals surface area contributed by atoms with Crippen LogP contribution < -0.4 is 5.32 Å². The van der Waals surface area contributed by atoms with Crippen LogP contribution in [-0.2, 0) is 6.42 Å². The lowest BCUT2D eigenvalue weighted by molar-refractivity contribution is 0.398. The Morgan fingerprint density at radius 3 is 2.58 bits per heavy atom. The number of halogens is 1. The molecule has 0 aliphatic heterocycles. The molecule has 0 radical (unpaired) electrons. The topological polar surface area (TPSA) is 12.0 Å². The summed E-state index contributed by atoms with van der Waals surface area (Å²) in [5.41, 5.74) is 2.34. The molecular formula is C17H28FN. The van der Waals surface area contributed by atoms with Crippen molar-refractivity contribution in [3.8, 4) is 0 Å². The molecule has 0 amide bonds. The SMILES string of the molecule is CCCNC(CCc1ccc(F)cc1C)CC(C)C. The fourth-order valence-electron chi connectivity index (χ4n) is 2.49. The predicted octanol–water partition coefficient (Wildman–Crippen LogP) is 4.48. The summed E-state index contributed by atoms with van der Waals surface area (Å²) < 4.78 is 13.1. The number of hydrogen-bond acceptors (Lipinski definition) is 1. The molecule has 2 heteroatoms. The Hall–Kier alpha value is -0.890. The lowest BCUT2D eigenvalue weighted by Gasteiger charge is -2.21. The molecule has 0 saturated heterocycles. The largest absolute Gasteiger partial charge is 0.314 e. The molecule has 0 heterocycles. The Kier molecular flexibility index (Phi) is 7.07. The Balaban J connectivity index is 2.54. The zero-order valence-corrected chi connectivity index (χ0v) is 12.8. The van der Waals surface area contributed by atoms with Gasteiger partial charge in [0.25, 0.3) is 0 Å². The van der Waals surface area contributed by atoms with E-state index in [0.29, 0.717) is 12.0 Å². The Morgan fingerprint density at radius 1 is 1.26 bits per heavy atom. The van der Waals surface area contributed by atoms with Gasteiger partial charge in [0.1, 0.15) is 5.82 Å². The Morgan fingerprint density at radius 2 is 2.00 bits per heavy atom. The summed E-state index contributed by atoms with van der Waals surface area (Å²) in [6.45, 7) is 9.81. The third-order valence-corrected chi connectivity index (χ3v) is 3.51. The highest BCUT2D eigenvalue weighted by Crippen LogP contribution is 2.16. The molecule has 0 aliphatic rings. The fraction of sp³-hybridized carbons (Fsp3) is 0.647. The number of rotatable bonds is 8. The van der Waals surface area contributed by atoms with Crippen LogP contribution in [0.2, 0.25) is 0 Å². The van der Waals surface area contributed by atoms with Gasteiger partial charge in [-0.25, -0.2) is 4.39 Å². The van der Waals surface area contributed by atoms with E-state index < -0.39 is 0 Å². The van der Waals surface area contributed by atoms with E-state index in [0.717, 1.165) is 24.9 Å². The summed E-state index contributed by atoms with van der Waals surface area (Å²) in [5, 5.41) is 3.63. The minimum atomic E-state index is -0.135. The number of benzene rings is 1. The molecule has 1 N–H and O–H groups in total. The molecule has 19 heavy (non-hydrogen) atoms. The van der Waals surface area contributed by atoms with Gasteiger partial charge in [0, 0.05) is 6.04 Å². The lowest BCUT2D eigenvalue weighted by atomic mass is 9.95. The molecular weight excluding hydrogens is 237 g/mol. The van der Waals surface area contributed by atoms with E-state index in [-0.39, 0.29) is 5.82 Å². The van der Waals surface area contributed by atoms with Crippen LogP contribution in [0, 0.1) is 18.7 Å². The van der Waals surface area contributed by atoms with Crippen molar-refractivity contribution in [2.75, 3.05) is 6.54 Å². The number of nitrogens with one attached hydrogen (secondary N) is 1. The molecule has 1 rings (SSSR count). The summed E-state index contributed by atoms with van der Waals surface area (Å²) in [7, 11) is 0. The van der Waals surface area contributed by atoms with E-state index in [9.17, 15) is 4.39 Å². The minimum absolute atomic E-state index is 0.135. The average Bonchev–Trinajstić information content (AvgIpc) is 2.33. The summed E-state index contributed by atoms with van der Waals surface area (Å²) in [6.07, 6.45) is 4.54. The van der Waals surface area contributed by atoms with Gasteiger partial charge >= 0.3 is 0 Å². The van der Waals surface area contributed by atoms with E-state index in [1.807, 2.05) is 13.0 Å². The van der Waals surface area contributed by atoms with E-state index in [2.05, 4.69) is 26.1 Å². The van der Waals surface area contributed by atoms with Crippen LogP contribution in [0.1, 0.15) is 51.2 Å². The predicted molar refractivity (Wildman–Crippen MR) is 81.0 cm³/mol. The molecule has 0 fully saturated rings. The zero-order valence-electron chi connectivity index (χ0n) is 12.8. The maximum Gasteiger partial charge on any atom is 0.123 e. The van der Waals surface area contributed by atoms with Gasteiger partial charge in [-0.05, 0) is 68.3 Å². The van der Waals surface area contributed by atoms with Crippen molar-refractivity contribution in [3.63, 3.8) is 0 Å². The second-order valence-corrected chi connectivity index (χ2v) is 5.89. The quantitative estimate of drug-likeness (QED) is 0.730. The first-order chi connectivity index (χ1) is 9.02. The number of hydrogen-bond donors (Lipinski definition) is 1. The summed E-state index contributed by atoms with van der Waals surface area (Å²) in [5.74, 6) is 0.577. The maximum absolute atomic E-state index is 13.1. The van der Waals surface area contributed by atoms with Crippen LogP contribution in [0.3, 0.4) is 0 Å². The van der Waals surface area contributed by atoms with E-state index in [4.69, 9.17) is 0 Å². The van der Waals surface area contributed by atoms with Crippen molar-refractivity contribution >= 4 is 0 Å².